The molecule has 0 spiro atoms. The molecule has 0 aliphatic carbocycles. The molecule has 9 heteroatoms. The molecule has 0 unspecified atom stereocenters. The Labute approximate surface area is 180 Å². The Morgan fingerprint density at radius 3 is 2.74 bits per heavy atom. The van der Waals surface area contributed by atoms with Gasteiger partial charge in [-0.15, -0.1) is 0 Å². The quantitative estimate of drug-likeness (QED) is 0.371. The highest BCUT2D eigenvalue weighted by atomic mass is 16.7. The van der Waals surface area contributed by atoms with Crippen molar-refractivity contribution in [2.45, 2.75) is 44.8 Å². The molecule has 1 aliphatic rings. The van der Waals surface area contributed by atoms with Crippen molar-refractivity contribution < 1.29 is 33.5 Å². The summed E-state index contributed by atoms with van der Waals surface area (Å²) in [5.41, 5.74) is 1.06. The van der Waals surface area contributed by atoms with Gasteiger partial charge in [0.1, 0.15) is 17.1 Å². The number of esters is 2. The standard InChI is InChI=1S/C22H24BNO7/c1-2-3-8-18(25)12-17-11-15-6-4-9-19(20(15)31-23(17)28)22(27)30-14-29-21(26)16-7-5-10-24-13-16/h4-7,9-10,13,17,28H,2-3,8,11-12,14H2,1H3/t17-/m1/s1. The van der Waals surface area contributed by atoms with Gasteiger partial charge < -0.3 is 19.2 Å². The number of aromatic nitrogens is 1. The van der Waals surface area contributed by atoms with Crippen LogP contribution in [0, 0.1) is 0 Å². The summed E-state index contributed by atoms with van der Waals surface area (Å²) in [4.78, 5) is 40.3. The van der Waals surface area contributed by atoms with Crippen molar-refractivity contribution in [3.05, 3.63) is 59.4 Å². The number of fused-ring (bicyclic) bond motifs is 1. The fourth-order valence-corrected chi connectivity index (χ4v) is 3.37. The van der Waals surface area contributed by atoms with Crippen LogP contribution in [0.1, 0.15) is 58.9 Å². The van der Waals surface area contributed by atoms with E-state index in [0.717, 1.165) is 12.8 Å². The van der Waals surface area contributed by atoms with E-state index in [0.29, 0.717) is 18.4 Å². The molecule has 2 aromatic rings. The zero-order valence-corrected chi connectivity index (χ0v) is 17.3. The van der Waals surface area contributed by atoms with Gasteiger partial charge in [0.05, 0.1) is 5.56 Å². The fraction of sp³-hybridized carbons (Fsp3) is 0.364. The highest BCUT2D eigenvalue weighted by Crippen LogP contribution is 2.36. The lowest BCUT2D eigenvalue weighted by molar-refractivity contribution is -0.119. The highest BCUT2D eigenvalue weighted by Gasteiger charge is 2.37. The number of carbonyl (C=O) groups is 3. The predicted octanol–water partition coefficient (Wildman–Crippen LogP) is 2.99. The lowest BCUT2D eigenvalue weighted by atomic mass is 9.64. The second kappa shape index (κ2) is 10.7. The Morgan fingerprint density at radius 2 is 2.00 bits per heavy atom. The molecule has 0 fully saturated rings. The van der Waals surface area contributed by atoms with Gasteiger partial charge >= 0.3 is 19.1 Å². The monoisotopic (exact) mass is 425 g/mol. The normalized spacial score (nSPS) is 14.9. The van der Waals surface area contributed by atoms with E-state index in [1.54, 1.807) is 18.2 Å². The first-order valence-corrected chi connectivity index (χ1v) is 10.2. The Kier molecular flexibility index (Phi) is 7.78. The van der Waals surface area contributed by atoms with E-state index in [2.05, 4.69) is 4.98 Å². The molecule has 2 heterocycles. The van der Waals surface area contributed by atoms with E-state index in [1.807, 2.05) is 6.92 Å². The third-order valence-corrected chi connectivity index (χ3v) is 5.02. The van der Waals surface area contributed by atoms with Crippen LogP contribution in [0.4, 0.5) is 0 Å². The van der Waals surface area contributed by atoms with Crippen molar-refractivity contribution in [3.63, 3.8) is 0 Å². The largest absolute Gasteiger partial charge is 0.535 e. The molecule has 1 N–H and O–H groups in total. The van der Waals surface area contributed by atoms with Crippen LogP contribution in [0.25, 0.3) is 0 Å². The maximum absolute atomic E-state index is 12.5. The third kappa shape index (κ3) is 5.91. The van der Waals surface area contributed by atoms with Crippen molar-refractivity contribution in [1.29, 1.82) is 0 Å². The minimum atomic E-state index is -1.20. The number of ketones is 1. The number of carbonyl (C=O) groups excluding carboxylic acids is 3. The number of hydrogen-bond acceptors (Lipinski definition) is 8. The summed E-state index contributed by atoms with van der Waals surface area (Å²) in [6.45, 7) is 1.44. The van der Waals surface area contributed by atoms with Crippen LogP contribution in [0.15, 0.2) is 42.7 Å². The van der Waals surface area contributed by atoms with Crippen LogP contribution in [-0.4, -0.2) is 41.6 Å². The molecule has 1 aromatic heterocycles. The molecule has 1 atom stereocenters. The molecular formula is C22H24BNO7. The summed E-state index contributed by atoms with van der Waals surface area (Å²) in [7, 11) is -1.20. The minimum Gasteiger partial charge on any atom is -0.535 e. The van der Waals surface area contributed by atoms with Crippen molar-refractivity contribution in [2.24, 2.45) is 0 Å². The summed E-state index contributed by atoms with van der Waals surface area (Å²) in [5.74, 6) is -1.48. The summed E-state index contributed by atoms with van der Waals surface area (Å²) in [5, 5.41) is 10.4. The lowest BCUT2D eigenvalue weighted by Gasteiger charge is -2.28. The van der Waals surface area contributed by atoms with Crippen LogP contribution in [0.5, 0.6) is 5.75 Å². The summed E-state index contributed by atoms with van der Waals surface area (Å²) in [6, 6.07) is 8.08. The van der Waals surface area contributed by atoms with Gasteiger partial charge in [0, 0.05) is 31.1 Å². The number of para-hydroxylation sites is 1. The smallest absolute Gasteiger partial charge is 0.526 e. The maximum atomic E-state index is 12.5. The molecule has 0 bridgehead atoms. The van der Waals surface area contributed by atoms with Gasteiger partial charge in [-0.05, 0) is 36.6 Å². The molecule has 0 saturated carbocycles. The van der Waals surface area contributed by atoms with E-state index >= 15 is 0 Å². The SMILES string of the molecule is CCCCC(=O)C[C@H]1Cc2cccc(C(=O)OCOC(=O)c3cccnc3)c2OB1O. The van der Waals surface area contributed by atoms with E-state index in [-0.39, 0.29) is 34.9 Å². The molecule has 162 valence electrons. The highest BCUT2D eigenvalue weighted by molar-refractivity contribution is 6.47. The van der Waals surface area contributed by atoms with Gasteiger partial charge in [0.15, 0.2) is 0 Å². The molecule has 1 aromatic carbocycles. The average molecular weight is 425 g/mol. The van der Waals surface area contributed by atoms with Crippen LogP contribution in [0.3, 0.4) is 0 Å². The van der Waals surface area contributed by atoms with E-state index in [4.69, 9.17) is 14.1 Å². The first-order chi connectivity index (χ1) is 15.0. The van der Waals surface area contributed by atoms with Gasteiger partial charge in [0.2, 0.25) is 6.79 Å². The van der Waals surface area contributed by atoms with Crippen LogP contribution >= 0.6 is 0 Å². The second-order valence-corrected chi connectivity index (χ2v) is 7.34. The summed E-state index contributed by atoms with van der Waals surface area (Å²) < 4.78 is 15.6. The summed E-state index contributed by atoms with van der Waals surface area (Å²) in [6.07, 6.45) is 5.73. The van der Waals surface area contributed by atoms with Crippen LogP contribution in [-0.2, 0) is 20.7 Å². The molecule has 31 heavy (non-hydrogen) atoms. The number of nitrogens with zero attached hydrogens (tertiary/aromatic N) is 1. The first kappa shape index (κ1) is 22.5. The second-order valence-electron chi connectivity index (χ2n) is 7.34. The molecule has 0 radical (unpaired) electrons. The number of unbranched alkanes of at least 4 members (excludes halogenated alkanes) is 1. The molecule has 3 rings (SSSR count). The van der Waals surface area contributed by atoms with Crippen molar-refractivity contribution in [2.75, 3.05) is 6.79 Å². The number of Topliss-reactive ketones (excluding diaryl/α,β-unsaturated/α-hetero) is 1. The van der Waals surface area contributed by atoms with Crippen molar-refractivity contribution >= 4 is 24.8 Å². The number of hydrogen-bond donors (Lipinski definition) is 1. The van der Waals surface area contributed by atoms with E-state index < -0.39 is 25.8 Å². The Morgan fingerprint density at radius 1 is 1.19 bits per heavy atom. The average Bonchev–Trinajstić information content (AvgIpc) is 2.78. The van der Waals surface area contributed by atoms with E-state index in [1.165, 1.54) is 24.5 Å². The van der Waals surface area contributed by atoms with Gasteiger partial charge in [0.25, 0.3) is 0 Å². The van der Waals surface area contributed by atoms with Gasteiger partial charge in [-0.2, -0.15) is 0 Å². The van der Waals surface area contributed by atoms with Gasteiger partial charge in [-0.3, -0.25) is 9.78 Å². The van der Waals surface area contributed by atoms with Gasteiger partial charge in [-0.1, -0.05) is 25.5 Å². The third-order valence-electron chi connectivity index (χ3n) is 5.02. The Hall–Kier alpha value is -3.20. The molecular weight excluding hydrogens is 401 g/mol. The zero-order valence-electron chi connectivity index (χ0n) is 17.3. The molecule has 0 amide bonds. The van der Waals surface area contributed by atoms with Crippen LogP contribution in [0.2, 0.25) is 5.82 Å². The van der Waals surface area contributed by atoms with Gasteiger partial charge in [-0.25, -0.2) is 9.59 Å². The lowest BCUT2D eigenvalue weighted by Crippen LogP contribution is -2.36. The molecule has 1 aliphatic heterocycles. The zero-order chi connectivity index (χ0) is 22.2. The molecule has 8 nitrogen and oxygen atoms in total. The van der Waals surface area contributed by atoms with Crippen molar-refractivity contribution in [1.82, 2.24) is 4.98 Å². The minimum absolute atomic E-state index is 0.0870. The van der Waals surface area contributed by atoms with Crippen LogP contribution < -0.4 is 4.65 Å². The predicted molar refractivity (Wildman–Crippen MR) is 112 cm³/mol. The fourth-order valence-electron chi connectivity index (χ4n) is 3.37. The Balaban J connectivity index is 1.60. The Bertz CT molecular complexity index is 935. The first-order valence-electron chi connectivity index (χ1n) is 10.2. The topological polar surface area (TPSA) is 112 Å². The number of pyridine rings is 1. The molecule has 0 saturated heterocycles. The number of benzene rings is 1. The maximum Gasteiger partial charge on any atom is 0.526 e. The number of ether oxygens (including phenoxy) is 2. The summed E-state index contributed by atoms with van der Waals surface area (Å²) >= 11 is 0. The van der Waals surface area contributed by atoms with E-state index in [9.17, 15) is 19.4 Å². The number of rotatable bonds is 9. The van der Waals surface area contributed by atoms with Crippen molar-refractivity contribution in [3.8, 4) is 5.75 Å².